The van der Waals surface area contributed by atoms with Crippen molar-refractivity contribution in [3.63, 3.8) is 0 Å². The van der Waals surface area contributed by atoms with Gasteiger partial charge in [-0.25, -0.2) is 4.79 Å². The number of rotatable bonds is 6. The topological polar surface area (TPSA) is 113 Å². The summed E-state index contributed by atoms with van der Waals surface area (Å²) in [6.07, 6.45) is 0. The molecule has 1 aliphatic rings. The predicted molar refractivity (Wildman–Crippen MR) is 115 cm³/mol. The summed E-state index contributed by atoms with van der Waals surface area (Å²) in [6.45, 7) is 0.128. The number of nitrogens with zero attached hydrogens (tertiary/aromatic N) is 1. The summed E-state index contributed by atoms with van der Waals surface area (Å²) in [7, 11) is 1.41. The molecule has 8 nitrogen and oxygen atoms in total. The Morgan fingerprint density at radius 2 is 1.66 bits per heavy atom. The molecule has 160 valence electrons. The fraction of sp³-hybridized carbons (Fsp3) is 0.0833. The third kappa shape index (κ3) is 3.81. The van der Waals surface area contributed by atoms with E-state index in [1.165, 1.54) is 43.5 Å². The van der Waals surface area contributed by atoms with Crippen molar-refractivity contribution in [1.82, 2.24) is 4.90 Å². The van der Waals surface area contributed by atoms with Crippen molar-refractivity contribution in [1.29, 1.82) is 0 Å². The van der Waals surface area contributed by atoms with Crippen LogP contribution in [0.2, 0.25) is 0 Å². The standard InChI is InChI=1S/C24H18N2O6/c1-32-16-8-10-20(19(12-16)24(30)31)25-21(27)15-7-9-17-18(11-15)23(29)26(22(17)28)13-14-5-3-2-4-6-14/h2-12H,13H2,1H3,(H,25,27)(H,30,31). The van der Waals surface area contributed by atoms with E-state index in [2.05, 4.69) is 5.32 Å². The summed E-state index contributed by atoms with van der Waals surface area (Å²) < 4.78 is 5.02. The number of nitrogens with one attached hydrogen (secondary N) is 1. The number of carbonyl (C=O) groups excluding carboxylic acids is 3. The second kappa shape index (κ2) is 8.35. The third-order valence-corrected chi connectivity index (χ3v) is 5.12. The third-order valence-electron chi connectivity index (χ3n) is 5.12. The van der Waals surface area contributed by atoms with Crippen molar-refractivity contribution < 1.29 is 29.0 Å². The molecule has 3 aromatic rings. The Labute approximate surface area is 183 Å². The Bertz CT molecular complexity index is 1250. The van der Waals surface area contributed by atoms with E-state index in [0.29, 0.717) is 5.75 Å². The summed E-state index contributed by atoms with van der Waals surface area (Å²) in [5.74, 6) is -2.42. The highest BCUT2D eigenvalue weighted by Crippen LogP contribution is 2.27. The number of amides is 3. The SMILES string of the molecule is COc1ccc(NC(=O)c2ccc3c(c2)C(=O)N(Cc2ccccc2)C3=O)c(C(=O)O)c1. The number of hydrogen-bond donors (Lipinski definition) is 2. The minimum atomic E-state index is -1.23. The van der Waals surface area contributed by atoms with Crippen molar-refractivity contribution in [2.45, 2.75) is 6.54 Å². The van der Waals surface area contributed by atoms with Gasteiger partial charge < -0.3 is 15.2 Å². The molecular weight excluding hydrogens is 412 g/mol. The van der Waals surface area contributed by atoms with Crippen LogP contribution >= 0.6 is 0 Å². The maximum absolute atomic E-state index is 12.8. The van der Waals surface area contributed by atoms with Gasteiger partial charge in [-0.1, -0.05) is 30.3 Å². The van der Waals surface area contributed by atoms with E-state index in [9.17, 15) is 24.3 Å². The Balaban J connectivity index is 1.58. The maximum Gasteiger partial charge on any atom is 0.337 e. The number of aromatic carboxylic acids is 1. The number of benzene rings is 3. The van der Waals surface area contributed by atoms with Crippen molar-refractivity contribution in [2.75, 3.05) is 12.4 Å². The number of carboxylic acids is 1. The Kier molecular flexibility index (Phi) is 5.43. The summed E-state index contributed by atoms with van der Waals surface area (Å²) in [6, 6.07) is 17.6. The molecule has 8 heteroatoms. The zero-order chi connectivity index (χ0) is 22.8. The number of ether oxygens (including phenoxy) is 1. The van der Waals surface area contributed by atoms with Crippen LogP contribution in [0.4, 0.5) is 5.69 Å². The van der Waals surface area contributed by atoms with Crippen LogP contribution in [0, 0.1) is 0 Å². The van der Waals surface area contributed by atoms with Gasteiger partial charge >= 0.3 is 5.97 Å². The molecule has 1 aliphatic heterocycles. The minimum absolute atomic E-state index is 0.0805. The van der Waals surface area contributed by atoms with E-state index >= 15 is 0 Å². The van der Waals surface area contributed by atoms with Crippen molar-refractivity contribution in [3.05, 3.63) is 94.5 Å². The lowest BCUT2D eigenvalue weighted by Crippen LogP contribution is -2.29. The quantitative estimate of drug-likeness (QED) is 0.579. The molecule has 2 N–H and O–H groups in total. The van der Waals surface area contributed by atoms with Gasteiger partial charge in [0, 0.05) is 5.56 Å². The van der Waals surface area contributed by atoms with E-state index < -0.39 is 23.7 Å². The lowest BCUT2D eigenvalue weighted by atomic mass is 10.0. The smallest absolute Gasteiger partial charge is 0.337 e. The molecule has 1 heterocycles. The number of carboxylic acid groups (broad SMARTS) is 1. The van der Waals surface area contributed by atoms with Crippen LogP contribution in [0.5, 0.6) is 5.75 Å². The first-order chi connectivity index (χ1) is 15.4. The highest BCUT2D eigenvalue weighted by Gasteiger charge is 2.36. The largest absolute Gasteiger partial charge is 0.497 e. The monoisotopic (exact) mass is 430 g/mol. The first-order valence-electron chi connectivity index (χ1n) is 9.66. The fourth-order valence-corrected chi connectivity index (χ4v) is 3.47. The highest BCUT2D eigenvalue weighted by molar-refractivity contribution is 6.22. The van der Waals surface area contributed by atoms with Crippen molar-refractivity contribution in [2.24, 2.45) is 0 Å². The molecular formula is C24H18N2O6. The molecule has 3 aromatic carbocycles. The highest BCUT2D eigenvalue weighted by atomic mass is 16.5. The summed E-state index contributed by atoms with van der Waals surface area (Å²) in [5, 5.41) is 12.0. The lowest BCUT2D eigenvalue weighted by molar-refractivity contribution is 0.0639. The normalized spacial score (nSPS) is 12.5. The summed E-state index contributed by atoms with van der Waals surface area (Å²) in [5.41, 5.74) is 1.22. The van der Waals surface area contributed by atoms with Gasteiger partial charge in [0.1, 0.15) is 5.75 Å². The van der Waals surface area contributed by atoms with E-state index in [-0.39, 0.29) is 34.5 Å². The molecule has 0 radical (unpaired) electrons. The molecule has 0 atom stereocenters. The average Bonchev–Trinajstić information content (AvgIpc) is 3.04. The van der Waals surface area contributed by atoms with Crippen LogP contribution in [0.3, 0.4) is 0 Å². The van der Waals surface area contributed by atoms with Crippen LogP contribution in [0.15, 0.2) is 66.7 Å². The van der Waals surface area contributed by atoms with Gasteiger partial charge in [-0.2, -0.15) is 0 Å². The van der Waals surface area contributed by atoms with E-state index in [1.54, 1.807) is 0 Å². The second-order valence-electron chi connectivity index (χ2n) is 7.11. The molecule has 3 amide bonds. The van der Waals surface area contributed by atoms with Gasteiger partial charge in [0.15, 0.2) is 0 Å². The van der Waals surface area contributed by atoms with Crippen LogP contribution in [-0.2, 0) is 6.54 Å². The molecule has 0 spiro atoms. The number of carbonyl (C=O) groups is 4. The van der Waals surface area contributed by atoms with Crippen LogP contribution in [0.1, 0.15) is 47.0 Å². The Morgan fingerprint density at radius 1 is 0.938 bits per heavy atom. The van der Waals surface area contributed by atoms with Crippen LogP contribution < -0.4 is 10.1 Å². The summed E-state index contributed by atoms with van der Waals surface area (Å²) >= 11 is 0. The zero-order valence-electron chi connectivity index (χ0n) is 17.0. The van der Waals surface area contributed by atoms with Crippen LogP contribution in [0.25, 0.3) is 0 Å². The van der Waals surface area contributed by atoms with Gasteiger partial charge in [0.25, 0.3) is 17.7 Å². The van der Waals surface area contributed by atoms with Gasteiger partial charge in [-0.3, -0.25) is 19.3 Å². The van der Waals surface area contributed by atoms with E-state index in [1.807, 2.05) is 30.3 Å². The maximum atomic E-state index is 12.8. The van der Waals surface area contributed by atoms with Crippen LogP contribution in [-0.4, -0.2) is 40.8 Å². The molecule has 4 rings (SSSR count). The van der Waals surface area contributed by atoms with E-state index in [0.717, 1.165) is 10.5 Å². The summed E-state index contributed by atoms with van der Waals surface area (Å²) in [4.78, 5) is 51.0. The van der Waals surface area contributed by atoms with E-state index in [4.69, 9.17) is 4.74 Å². The van der Waals surface area contributed by atoms with Gasteiger partial charge in [-0.15, -0.1) is 0 Å². The van der Waals surface area contributed by atoms with Crippen molar-refractivity contribution >= 4 is 29.4 Å². The van der Waals surface area contributed by atoms with Gasteiger partial charge in [-0.05, 0) is 42.0 Å². The predicted octanol–water partition coefficient (Wildman–Crippen LogP) is 3.44. The molecule has 0 saturated carbocycles. The number of hydrogen-bond acceptors (Lipinski definition) is 5. The molecule has 0 aromatic heterocycles. The molecule has 0 unspecified atom stereocenters. The first kappa shape index (κ1) is 20.8. The average molecular weight is 430 g/mol. The second-order valence-corrected chi connectivity index (χ2v) is 7.11. The first-order valence-corrected chi connectivity index (χ1v) is 9.66. The number of anilines is 1. The molecule has 32 heavy (non-hydrogen) atoms. The lowest BCUT2D eigenvalue weighted by Gasteiger charge is -2.13. The number of imide groups is 1. The van der Waals surface area contributed by atoms with Gasteiger partial charge in [0.2, 0.25) is 0 Å². The molecule has 0 aliphatic carbocycles. The number of fused-ring (bicyclic) bond motifs is 1. The Morgan fingerprint density at radius 3 is 2.34 bits per heavy atom. The fourth-order valence-electron chi connectivity index (χ4n) is 3.47. The van der Waals surface area contributed by atoms with Crippen molar-refractivity contribution in [3.8, 4) is 5.75 Å². The van der Waals surface area contributed by atoms with Gasteiger partial charge in [0.05, 0.1) is 36.0 Å². The number of methoxy groups -OCH3 is 1. The molecule has 0 saturated heterocycles. The Hall–Kier alpha value is -4.46. The molecule has 0 bridgehead atoms. The zero-order valence-corrected chi connectivity index (χ0v) is 17.0. The minimum Gasteiger partial charge on any atom is -0.497 e. The molecule has 0 fully saturated rings.